The molecule has 5 heteroatoms. The fourth-order valence-corrected chi connectivity index (χ4v) is 3.40. The van der Waals surface area contributed by atoms with Crippen molar-refractivity contribution in [1.82, 2.24) is 14.8 Å². The Hall–Kier alpha value is -0.170. The number of halogens is 1. The van der Waals surface area contributed by atoms with E-state index in [2.05, 4.69) is 32.7 Å². The van der Waals surface area contributed by atoms with Crippen LogP contribution in [-0.4, -0.2) is 27.0 Å². The fraction of sp³-hybridized carbons (Fsp3) is 0.818. The van der Waals surface area contributed by atoms with Crippen LogP contribution in [0.15, 0.2) is 6.33 Å². The number of hydrogen-bond acceptors (Lipinski definition) is 3. The molecule has 0 aromatic carbocycles. The molecule has 0 amide bonds. The summed E-state index contributed by atoms with van der Waals surface area (Å²) in [6.07, 6.45) is 9.15. The molecule has 16 heavy (non-hydrogen) atoms. The van der Waals surface area contributed by atoms with Crippen molar-refractivity contribution in [3.05, 3.63) is 10.2 Å². The van der Waals surface area contributed by atoms with Crippen LogP contribution in [0.5, 0.6) is 0 Å². The lowest BCUT2D eigenvalue weighted by Gasteiger charge is -2.38. The van der Waals surface area contributed by atoms with Crippen molar-refractivity contribution in [1.29, 1.82) is 0 Å². The van der Waals surface area contributed by atoms with Gasteiger partial charge in [0.15, 0.2) is 0 Å². The highest BCUT2D eigenvalue weighted by atomic mass is 127. The first-order chi connectivity index (χ1) is 7.77. The smallest absolute Gasteiger partial charge is 0.211 e. The zero-order valence-electron chi connectivity index (χ0n) is 9.23. The molecule has 1 aromatic heterocycles. The van der Waals surface area contributed by atoms with E-state index in [0.29, 0.717) is 6.04 Å². The molecule has 2 aliphatic rings. The second-order valence-corrected chi connectivity index (χ2v) is 5.84. The molecule has 2 fully saturated rings. The average Bonchev–Trinajstić information content (AvgIpc) is 2.89. The van der Waals surface area contributed by atoms with Crippen LogP contribution in [0.3, 0.4) is 0 Å². The maximum absolute atomic E-state index is 6.02. The summed E-state index contributed by atoms with van der Waals surface area (Å²) in [6, 6.07) is 0.489. The Morgan fingerprint density at radius 3 is 2.94 bits per heavy atom. The van der Waals surface area contributed by atoms with E-state index in [-0.39, 0.29) is 5.60 Å². The zero-order chi connectivity index (χ0) is 11.0. The molecule has 0 N–H and O–H groups in total. The Balaban J connectivity index is 1.77. The van der Waals surface area contributed by atoms with Gasteiger partial charge >= 0.3 is 0 Å². The molecule has 88 valence electrons. The van der Waals surface area contributed by atoms with E-state index in [0.717, 1.165) is 23.3 Å². The lowest BCUT2D eigenvalue weighted by atomic mass is 9.89. The summed E-state index contributed by atoms with van der Waals surface area (Å²) in [6.45, 7) is 0.876. The number of rotatable bonds is 1. The Morgan fingerprint density at radius 2 is 2.25 bits per heavy atom. The first kappa shape index (κ1) is 11.0. The lowest BCUT2D eigenvalue weighted by molar-refractivity contribution is -0.0910. The first-order valence-corrected chi connectivity index (χ1v) is 7.06. The molecule has 1 saturated heterocycles. The highest BCUT2D eigenvalue weighted by molar-refractivity contribution is 14.1. The summed E-state index contributed by atoms with van der Waals surface area (Å²) in [5.74, 6) is 0. The number of ether oxygens (including phenoxy) is 1. The van der Waals surface area contributed by atoms with Gasteiger partial charge in [-0.1, -0.05) is 12.8 Å². The van der Waals surface area contributed by atoms with Gasteiger partial charge in [0.05, 0.1) is 11.6 Å². The molecule has 1 unspecified atom stereocenters. The molecule has 1 spiro atoms. The predicted molar refractivity (Wildman–Crippen MR) is 68.2 cm³/mol. The van der Waals surface area contributed by atoms with Crippen molar-refractivity contribution in [2.75, 3.05) is 6.61 Å². The molecule has 1 aliphatic heterocycles. The third-order valence-corrected chi connectivity index (χ3v) is 4.33. The van der Waals surface area contributed by atoms with Crippen molar-refractivity contribution < 1.29 is 4.74 Å². The Labute approximate surface area is 109 Å². The van der Waals surface area contributed by atoms with E-state index in [9.17, 15) is 0 Å². The van der Waals surface area contributed by atoms with Crippen molar-refractivity contribution in [2.24, 2.45) is 0 Å². The molecule has 1 aromatic rings. The van der Waals surface area contributed by atoms with Gasteiger partial charge < -0.3 is 4.74 Å². The van der Waals surface area contributed by atoms with Gasteiger partial charge in [-0.2, -0.15) is 0 Å². The van der Waals surface area contributed by atoms with Crippen LogP contribution < -0.4 is 0 Å². The second-order valence-electron chi connectivity index (χ2n) is 4.88. The number of hydrogen-bond donors (Lipinski definition) is 0. The Kier molecular flexibility index (Phi) is 2.91. The van der Waals surface area contributed by atoms with Crippen LogP contribution in [0.1, 0.15) is 44.6 Å². The summed E-state index contributed by atoms with van der Waals surface area (Å²) in [5.41, 5.74) is 0.167. The maximum Gasteiger partial charge on any atom is 0.211 e. The molecular formula is C11H16IN3O. The molecule has 0 radical (unpaired) electrons. The van der Waals surface area contributed by atoms with E-state index in [1.807, 2.05) is 11.0 Å². The molecule has 1 atom stereocenters. The highest BCUT2D eigenvalue weighted by Crippen LogP contribution is 2.43. The van der Waals surface area contributed by atoms with Crippen molar-refractivity contribution in [2.45, 2.75) is 50.2 Å². The molecule has 4 nitrogen and oxygen atoms in total. The van der Waals surface area contributed by atoms with Gasteiger partial charge in [-0.15, -0.1) is 5.10 Å². The second kappa shape index (κ2) is 4.25. The van der Waals surface area contributed by atoms with Crippen molar-refractivity contribution in [3.63, 3.8) is 0 Å². The standard InChI is InChI=1S/C11H16IN3O/c12-10-13-8-15(14-10)9-3-6-16-11(7-9)4-1-2-5-11/h8-9H,1-7H2. The van der Waals surface area contributed by atoms with E-state index in [4.69, 9.17) is 4.74 Å². The largest absolute Gasteiger partial charge is 0.375 e. The van der Waals surface area contributed by atoms with Crippen LogP contribution in [0.4, 0.5) is 0 Å². The summed E-state index contributed by atoms with van der Waals surface area (Å²) in [4.78, 5) is 4.20. The van der Waals surface area contributed by atoms with Crippen LogP contribution in [0.25, 0.3) is 0 Å². The van der Waals surface area contributed by atoms with Gasteiger partial charge in [0, 0.05) is 29.2 Å². The average molecular weight is 333 g/mol. The van der Waals surface area contributed by atoms with Gasteiger partial charge in [0.1, 0.15) is 6.33 Å². The van der Waals surface area contributed by atoms with Gasteiger partial charge in [0.2, 0.25) is 3.83 Å². The minimum Gasteiger partial charge on any atom is -0.375 e. The zero-order valence-corrected chi connectivity index (χ0v) is 11.4. The van der Waals surface area contributed by atoms with Crippen LogP contribution in [0, 0.1) is 3.83 Å². The lowest BCUT2D eigenvalue weighted by Crippen LogP contribution is -2.38. The van der Waals surface area contributed by atoms with Crippen molar-refractivity contribution >= 4 is 22.6 Å². The first-order valence-electron chi connectivity index (χ1n) is 5.98. The molecule has 3 rings (SSSR count). The minimum absolute atomic E-state index is 0.167. The van der Waals surface area contributed by atoms with E-state index in [1.54, 1.807) is 0 Å². The normalized spacial score (nSPS) is 28.7. The summed E-state index contributed by atoms with van der Waals surface area (Å²) in [7, 11) is 0. The minimum atomic E-state index is 0.167. The maximum atomic E-state index is 6.02. The van der Waals surface area contributed by atoms with Gasteiger partial charge in [-0.05, 0) is 25.7 Å². The summed E-state index contributed by atoms with van der Waals surface area (Å²) >= 11 is 2.16. The third kappa shape index (κ3) is 1.99. The van der Waals surface area contributed by atoms with Crippen molar-refractivity contribution in [3.8, 4) is 0 Å². The van der Waals surface area contributed by atoms with Crippen LogP contribution in [0.2, 0.25) is 0 Å². The third-order valence-electron chi connectivity index (χ3n) is 3.84. The van der Waals surface area contributed by atoms with E-state index in [1.165, 1.54) is 25.7 Å². The van der Waals surface area contributed by atoms with E-state index < -0.39 is 0 Å². The Morgan fingerprint density at radius 1 is 1.44 bits per heavy atom. The summed E-state index contributed by atoms with van der Waals surface area (Å²) in [5, 5.41) is 4.43. The fourth-order valence-electron chi connectivity index (χ4n) is 3.03. The Bertz CT molecular complexity index is 373. The predicted octanol–water partition coefficient (Wildman–Crippen LogP) is 2.55. The molecule has 1 saturated carbocycles. The van der Waals surface area contributed by atoms with Gasteiger partial charge in [-0.3, -0.25) is 0 Å². The van der Waals surface area contributed by atoms with Crippen LogP contribution >= 0.6 is 22.6 Å². The van der Waals surface area contributed by atoms with E-state index >= 15 is 0 Å². The summed E-state index contributed by atoms with van der Waals surface area (Å²) < 4.78 is 8.89. The molecule has 2 heterocycles. The molecule has 1 aliphatic carbocycles. The number of nitrogens with zero attached hydrogens (tertiary/aromatic N) is 3. The topological polar surface area (TPSA) is 39.9 Å². The van der Waals surface area contributed by atoms with Crippen LogP contribution in [-0.2, 0) is 4.74 Å². The molecule has 0 bridgehead atoms. The SMILES string of the molecule is Ic1ncn(C2CCOC3(CCCC3)C2)n1. The van der Waals surface area contributed by atoms with Gasteiger partial charge in [-0.25, -0.2) is 9.67 Å². The quantitative estimate of drug-likeness (QED) is 0.742. The highest BCUT2D eigenvalue weighted by Gasteiger charge is 2.40. The molecular weight excluding hydrogens is 317 g/mol. The monoisotopic (exact) mass is 333 g/mol. The number of aromatic nitrogens is 3. The van der Waals surface area contributed by atoms with Gasteiger partial charge in [0.25, 0.3) is 0 Å².